The number of carbonyl (C=O) groups excluding carboxylic acids is 1. The fraction of sp³-hybridized carbons (Fsp3) is 0.125. The smallest absolute Gasteiger partial charge is 0.263 e. The van der Waals surface area contributed by atoms with Gasteiger partial charge in [0.05, 0.1) is 19.0 Å². The van der Waals surface area contributed by atoms with Crippen LogP contribution in [0.2, 0.25) is 0 Å². The van der Waals surface area contributed by atoms with Crippen LogP contribution in [0, 0.1) is 5.82 Å². The number of hydrogen-bond donors (Lipinski definition) is 2. The molecular formula is C16H13FN2O3S. The molecule has 0 saturated carbocycles. The van der Waals surface area contributed by atoms with Gasteiger partial charge in [-0.25, -0.2) is 9.37 Å². The van der Waals surface area contributed by atoms with Crippen molar-refractivity contribution < 1.29 is 18.7 Å². The zero-order valence-corrected chi connectivity index (χ0v) is 12.7. The second-order valence-electron chi connectivity index (χ2n) is 4.75. The quantitative estimate of drug-likeness (QED) is 0.753. The molecule has 0 aliphatic carbocycles. The first kappa shape index (κ1) is 15.4. The van der Waals surface area contributed by atoms with Crippen LogP contribution in [0.5, 0.6) is 0 Å². The predicted octanol–water partition coefficient (Wildman–Crippen LogP) is 3.01. The molecule has 0 bridgehead atoms. The van der Waals surface area contributed by atoms with Crippen molar-refractivity contribution in [3.8, 4) is 10.6 Å². The van der Waals surface area contributed by atoms with E-state index in [1.54, 1.807) is 30.3 Å². The van der Waals surface area contributed by atoms with E-state index in [0.29, 0.717) is 21.2 Å². The number of aliphatic hydroxyl groups is 1. The van der Waals surface area contributed by atoms with Crippen molar-refractivity contribution in [2.24, 2.45) is 0 Å². The van der Waals surface area contributed by atoms with Crippen molar-refractivity contribution in [1.82, 2.24) is 10.3 Å². The number of thiazole rings is 1. The Balaban J connectivity index is 1.66. The molecule has 5 nitrogen and oxygen atoms in total. The first-order valence-corrected chi connectivity index (χ1v) is 7.67. The van der Waals surface area contributed by atoms with Crippen molar-refractivity contribution in [1.29, 1.82) is 0 Å². The van der Waals surface area contributed by atoms with Gasteiger partial charge >= 0.3 is 0 Å². The van der Waals surface area contributed by atoms with Crippen LogP contribution in [0.25, 0.3) is 10.6 Å². The Morgan fingerprint density at radius 1 is 1.35 bits per heavy atom. The molecule has 1 amide bonds. The summed E-state index contributed by atoms with van der Waals surface area (Å²) in [6.07, 6.45) is 1.92. The molecule has 0 aliphatic rings. The molecule has 1 atom stereocenters. The summed E-state index contributed by atoms with van der Waals surface area (Å²) in [5.41, 5.74) is 0.354. The number of amides is 1. The van der Waals surface area contributed by atoms with E-state index < -0.39 is 6.10 Å². The molecule has 0 fully saturated rings. The summed E-state index contributed by atoms with van der Waals surface area (Å²) >= 11 is 1.09. The molecule has 7 heteroatoms. The van der Waals surface area contributed by atoms with Gasteiger partial charge in [0.15, 0.2) is 0 Å². The minimum absolute atomic E-state index is 0.0132. The van der Waals surface area contributed by atoms with E-state index in [0.717, 1.165) is 11.3 Å². The zero-order valence-electron chi connectivity index (χ0n) is 11.9. The molecule has 1 unspecified atom stereocenters. The SMILES string of the molecule is O=C(NCC(O)c1ccco1)c1cnc(-c2ccccc2F)s1. The maximum absolute atomic E-state index is 13.7. The summed E-state index contributed by atoms with van der Waals surface area (Å²) < 4.78 is 18.8. The summed E-state index contributed by atoms with van der Waals surface area (Å²) in [7, 11) is 0. The number of rotatable bonds is 5. The maximum atomic E-state index is 13.7. The number of nitrogens with zero attached hydrogens (tertiary/aromatic N) is 1. The molecule has 118 valence electrons. The van der Waals surface area contributed by atoms with Crippen LogP contribution in [-0.4, -0.2) is 22.5 Å². The van der Waals surface area contributed by atoms with Crippen molar-refractivity contribution >= 4 is 17.2 Å². The normalized spacial score (nSPS) is 12.1. The molecule has 2 aromatic heterocycles. The molecule has 2 N–H and O–H groups in total. The van der Waals surface area contributed by atoms with E-state index in [-0.39, 0.29) is 18.3 Å². The molecule has 0 saturated heterocycles. The standard InChI is InChI=1S/C16H13FN2O3S/c17-11-5-2-1-4-10(11)16-19-9-14(23-16)15(21)18-8-12(20)13-6-3-7-22-13/h1-7,9,12,20H,8H2,(H,18,21). The van der Waals surface area contributed by atoms with E-state index in [2.05, 4.69) is 10.3 Å². The van der Waals surface area contributed by atoms with Gasteiger partial charge in [-0.05, 0) is 24.3 Å². The summed E-state index contributed by atoms with van der Waals surface area (Å²) in [4.78, 5) is 16.5. The van der Waals surface area contributed by atoms with Gasteiger partial charge in [0.1, 0.15) is 27.6 Å². The zero-order chi connectivity index (χ0) is 16.2. The van der Waals surface area contributed by atoms with Crippen molar-refractivity contribution in [3.05, 3.63) is 65.3 Å². The molecule has 23 heavy (non-hydrogen) atoms. The highest BCUT2D eigenvalue weighted by molar-refractivity contribution is 7.16. The van der Waals surface area contributed by atoms with Crippen LogP contribution in [0.4, 0.5) is 4.39 Å². The summed E-state index contributed by atoms with van der Waals surface area (Å²) in [6, 6.07) is 9.53. The van der Waals surface area contributed by atoms with Gasteiger partial charge in [-0.1, -0.05) is 12.1 Å². The van der Waals surface area contributed by atoms with E-state index in [1.165, 1.54) is 18.5 Å². The molecule has 0 spiro atoms. The minimum atomic E-state index is -0.923. The number of aromatic nitrogens is 1. The van der Waals surface area contributed by atoms with Gasteiger partial charge in [-0.2, -0.15) is 0 Å². The molecule has 3 aromatic rings. The van der Waals surface area contributed by atoms with Crippen LogP contribution >= 0.6 is 11.3 Å². The second-order valence-corrected chi connectivity index (χ2v) is 5.78. The third-order valence-electron chi connectivity index (χ3n) is 3.16. The first-order chi connectivity index (χ1) is 11.1. The Hall–Kier alpha value is -2.51. The Kier molecular flexibility index (Phi) is 4.50. The Bertz CT molecular complexity index is 801. The number of carbonyl (C=O) groups is 1. The minimum Gasteiger partial charge on any atom is -0.467 e. The lowest BCUT2D eigenvalue weighted by Crippen LogP contribution is -2.27. The number of benzene rings is 1. The van der Waals surface area contributed by atoms with Crippen LogP contribution in [0.1, 0.15) is 21.5 Å². The number of furan rings is 1. The molecule has 2 heterocycles. The lowest BCUT2D eigenvalue weighted by molar-refractivity contribution is 0.0905. The van der Waals surface area contributed by atoms with Gasteiger partial charge in [-0.3, -0.25) is 4.79 Å². The average molecular weight is 332 g/mol. The summed E-state index contributed by atoms with van der Waals surface area (Å²) in [5.74, 6) is -0.389. The molecule has 0 radical (unpaired) electrons. The van der Waals surface area contributed by atoms with Crippen molar-refractivity contribution in [3.63, 3.8) is 0 Å². The molecule has 3 rings (SSSR count). The van der Waals surface area contributed by atoms with E-state index >= 15 is 0 Å². The summed E-state index contributed by atoms with van der Waals surface area (Å²) in [6.45, 7) is 0.0132. The maximum Gasteiger partial charge on any atom is 0.263 e. The van der Waals surface area contributed by atoms with Gasteiger partial charge in [0, 0.05) is 5.56 Å². The highest BCUT2D eigenvalue weighted by Gasteiger charge is 2.16. The highest BCUT2D eigenvalue weighted by atomic mass is 32.1. The van der Waals surface area contributed by atoms with Crippen molar-refractivity contribution in [2.75, 3.05) is 6.54 Å². The topological polar surface area (TPSA) is 75.4 Å². The number of hydrogen-bond acceptors (Lipinski definition) is 5. The van der Waals surface area contributed by atoms with Crippen molar-refractivity contribution in [2.45, 2.75) is 6.10 Å². The molecular weight excluding hydrogens is 319 g/mol. The van der Waals surface area contributed by atoms with Gasteiger partial charge in [0.2, 0.25) is 0 Å². The second kappa shape index (κ2) is 6.72. The third kappa shape index (κ3) is 3.46. The van der Waals surface area contributed by atoms with Crippen LogP contribution in [0.15, 0.2) is 53.3 Å². The fourth-order valence-electron chi connectivity index (χ4n) is 2.00. The number of aliphatic hydroxyl groups excluding tert-OH is 1. The first-order valence-electron chi connectivity index (χ1n) is 6.85. The van der Waals surface area contributed by atoms with E-state index in [9.17, 15) is 14.3 Å². The fourth-order valence-corrected chi connectivity index (χ4v) is 2.86. The van der Waals surface area contributed by atoms with Crippen LogP contribution in [0.3, 0.4) is 0 Å². The predicted molar refractivity (Wildman–Crippen MR) is 83.5 cm³/mol. The third-order valence-corrected chi connectivity index (χ3v) is 4.19. The Morgan fingerprint density at radius 2 is 2.17 bits per heavy atom. The van der Waals surface area contributed by atoms with Crippen LogP contribution < -0.4 is 5.32 Å². The monoisotopic (exact) mass is 332 g/mol. The molecule has 1 aromatic carbocycles. The highest BCUT2D eigenvalue weighted by Crippen LogP contribution is 2.27. The van der Waals surface area contributed by atoms with Gasteiger partial charge in [0.25, 0.3) is 5.91 Å². The van der Waals surface area contributed by atoms with E-state index in [1.807, 2.05) is 0 Å². The van der Waals surface area contributed by atoms with Gasteiger partial charge < -0.3 is 14.8 Å². The lowest BCUT2D eigenvalue weighted by atomic mass is 10.2. The van der Waals surface area contributed by atoms with Gasteiger partial charge in [-0.15, -0.1) is 11.3 Å². The van der Waals surface area contributed by atoms with E-state index in [4.69, 9.17) is 4.42 Å². The summed E-state index contributed by atoms with van der Waals surface area (Å²) in [5, 5.41) is 12.9. The average Bonchev–Trinajstić information content (AvgIpc) is 3.24. The van der Waals surface area contributed by atoms with Crippen LogP contribution in [-0.2, 0) is 0 Å². The largest absolute Gasteiger partial charge is 0.467 e. The molecule has 0 aliphatic heterocycles. The Morgan fingerprint density at radius 3 is 2.91 bits per heavy atom. The Labute approximate surface area is 135 Å². The number of halogens is 1. The lowest BCUT2D eigenvalue weighted by Gasteiger charge is -2.08. The number of nitrogens with one attached hydrogen (secondary N) is 1.